The van der Waals surface area contributed by atoms with E-state index < -0.39 is 0 Å². The lowest BCUT2D eigenvalue weighted by Gasteiger charge is -2.13. The van der Waals surface area contributed by atoms with Crippen molar-refractivity contribution in [2.75, 3.05) is 18.6 Å². The Bertz CT molecular complexity index is 714. The number of fused-ring (bicyclic) bond motifs is 1. The Morgan fingerprint density at radius 1 is 1.23 bits per heavy atom. The van der Waals surface area contributed by atoms with E-state index in [1.54, 1.807) is 4.90 Å². The maximum Gasteiger partial charge on any atom is 0.234 e. The summed E-state index contributed by atoms with van der Waals surface area (Å²) in [5.74, 6) is 0.858. The lowest BCUT2D eigenvalue weighted by Crippen LogP contribution is -2.24. The van der Waals surface area contributed by atoms with Crippen molar-refractivity contribution in [2.45, 2.75) is 19.3 Å². The van der Waals surface area contributed by atoms with E-state index >= 15 is 0 Å². The van der Waals surface area contributed by atoms with Crippen LogP contribution < -0.4 is 9.64 Å². The van der Waals surface area contributed by atoms with Crippen LogP contribution in [0.1, 0.15) is 24.0 Å². The summed E-state index contributed by atoms with van der Waals surface area (Å²) in [5, 5.41) is 0. The third kappa shape index (κ3) is 2.63. The van der Waals surface area contributed by atoms with Crippen LogP contribution >= 0.6 is 15.9 Å². The van der Waals surface area contributed by atoms with Crippen molar-refractivity contribution in [1.29, 1.82) is 0 Å². The van der Waals surface area contributed by atoms with Gasteiger partial charge in [-0.05, 0) is 48.7 Å². The van der Waals surface area contributed by atoms with Gasteiger partial charge in [0.2, 0.25) is 5.91 Å². The molecule has 4 heteroatoms. The first kappa shape index (κ1) is 15.1. The molecule has 1 amide bonds. The van der Waals surface area contributed by atoms with Crippen molar-refractivity contribution >= 4 is 27.5 Å². The summed E-state index contributed by atoms with van der Waals surface area (Å²) >= 11 is 3.58. The molecule has 0 saturated heterocycles. The van der Waals surface area contributed by atoms with Crippen molar-refractivity contribution in [2.24, 2.45) is 0 Å². The zero-order chi connectivity index (χ0) is 15.7. The predicted molar refractivity (Wildman–Crippen MR) is 91.6 cm³/mol. The predicted octanol–water partition coefficient (Wildman–Crippen LogP) is 4.15. The van der Waals surface area contributed by atoms with Gasteiger partial charge in [0.15, 0.2) is 0 Å². The fourth-order valence-electron chi connectivity index (χ4n) is 2.95. The van der Waals surface area contributed by atoms with Gasteiger partial charge in [-0.2, -0.15) is 0 Å². The maximum atomic E-state index is 12.6. The van der Waals surface area contributed by atoms with Gasteiger partial charge < -0.3 is 9.64 Å². The molecule has 1 atom stereocenters. The van der Waals surface area contributed by atoms with Crippen molar-refractivity contribution < 1.29 is 9.53 Å². The molecular formula is C18H18BrNO2. The molecule has 1 aliphatic rings. The molecule has 0 bridgehead atoms. The topological polar surface area (TPSA) is 29.5 Å². The van der Waals surface area contributed by atoms with E-state index in [4.69, 9.17) is 4.74 Å². The molecule has 0 aliphatic carbocycles. The highest BCUT2D eigenvalue weighted by Crippen LogP contribution is 2.39. The van der Waals surface area contributed by atoms with Crippen LogP contribution in [-0.2, 0) is 11.2 Å². The van der Waals surface area contributed by atoms with Crippen molar-refractivity contribution in [1.82, 2.24) is 0 Å². The third-order valence-electron chi connectivity index (χ3n) is 4.05. The summed E-state index contributed by atoms with van der Waals surface area (Å²) in [6.45, 7) is 2.60. The van der Waals surface area contributed by atoms with Crippen LogP contribution in [0.25, 0.3) is 0 Å². The van der Waals surface area contributed by atoms with E-state index in [-0.39, 0.29) is 11.8 Å². The second kappa shape index (κ2) is 6.13. The average molecular weight is 360 g/mol. The number of halogens is 1. The molecule has 3 rings (SSSR count). The molecule has 3 nitrogen and oxygen atoms in total. The number of carbonyl (C=O) groups is 1. The van der Waals surface area contributed by atoms with Crippen molar-refractivity contribution in [3.8, 4) is 5.75 Å². The number of likely N-dealkylation sites (N-methyl/N-ethyl adjacent to an activating group) is 1. The summed E-state index contributed by atoms with van der Waals surface area (Å²) in [6, 6.07) is 13.9. The molecule has 0 fully saturated rings. The van der Waals surface area contributed by atoms with Crippen LogP contribution in [-0.4, -0.2) is 19.6 Å². The third-order valence-corrected chi connectivity index (χ3v) is 4.83. The first-order chi connectivity index (χ1) is 10.6. The zero-order valence-corrected chi connectivity index (χ0v) is 14.3. The SMILES string of the molecule is CCOc1ccc(Br)c(C[C@H]2C(=O)N(C)c3ccccc32)c1. The van der Waals surface area contributed by atoms with Crippen LogP contribution in [0.4, 0.5) is 5.69 Å². The number of rotatable bonds is 4. The molecule has 0 spiro atoms. The lowest BCUT2D eigenvalue weighted by molar-refractivity contribution is -0.119. The monoisotopic (exact) mass is 359 g/mol. The zero-order valence-electron chi connectivity index (χ0n) is 12.7. The second-order valence-corrected chi connectivity index (χ2v) is 6.25. The number of carbonyl (C=O) groups excluding carboxylic acids is 1. The van der Waals surface area contributed by atoms with E-state index in [0.717, 1.165) is 27.0 Å². The summed E-state index contributed by atoms with van der Waals surface area (Å²) in [4.78, 5) is 14.3. The first-order valence-electron chi connectivity index (χ1n) is 7.39. The summed E-state index contributed by atoms with van der Waals surface area (Å²) < 4.78 is 6.58. The Labute approximate surface area is 139 Å². The Balaban J connectivity index is 1.93. The van der Waals surface area contributed by atoms with Crippen molar-refractivity contribution in [3.63, 3.8) is 0 Å². The minimum Gasteiger partial charge on any atom is -0.494 e. The van der Waals surface area contributed by atoms with Crippen LogP contribution in [0.3, 0.4) is 0 Å². The lowest BCUT2D eigenvalue weighted by atomic mass is 9.93. The normalized spacial score (nSPS) is 16.8. The molecule has 2 aromatic rings. The minimum atomic E-state index is -0.130. The van der Waals surface area contributed by atoms with Gasteiger partial charge in [-0.25, -0.2) is 0 Å². The molecule has 114 valence electrons. The van der Waals surface area contributed by atoms with Gasteiger partial charge in [0.1, 0.15) is 5.75 Å². The van der Waals surface area contributed by atoms with Crippen molar-refractivity contribution in [3.05, 3.63) is 58.1 Å². The highest BCUT2D eigenvalue weighted by atomic mass is 79.9. The Hall–Kier alpha value is -1.81. The molecule has 0 saturated carbocycles. The van der Waals surface area contributed by atoms with Gasteiger partial charge in [0, 0.05) is 17.2 Å². The van der Waals surface area contributed by atoms with Gasteiger partial charge in [-0.3, -0.25) is 4.79 Å². The van der Waals surface area contributed by atoms with E-state index in [9.17, 15) is 4.79 Å². The molecule has 0 radical (unpaired) electrons. The Kier molecular flexibility index (Phi) is 4.21. The number of benzene rings is 2. The second-order valence-electron chi connectivity index (χ2n) is 5.40. The Morgan fingerprint density at radius 2 is 2.00 bits per heavy atom. The number of anilines is 1. The summed E-state index contributed by atoms with van der Waals surface area (Å²) in [7, 11) is 1.84. The van der Waals surface area contributed by atoms with E-state index in [1.807, 2.05) is 56.4 Å². The molecule has 0 N–H and O–H groups in total. The number of hydrogen-bond acceptors (Lipinski definition) is 2. The number of amides is 1. The van der Waals surface area contributed by atoms with Gasteiger partial charge in [-0.15, -0.1) is 0 Å². The largest absolute Gasteiger partial charge is 0.494 e. The molecule has 1 heterocycles. The number of ether oxygens (including phenoxy) is 1. The molecule has 2 aromatic carbocycles. The van der Waals surface area contributed by atoms with Gasteiger partial charge in [-0.1, -0.05) is 34.1 Å². The number of para-hydroxylation sites is 1. The first-order valence-corrected chi connectivity index (χ1v) is 8.18. The van der Waals surface area contributed by atoms with Gasteiger partial charge >= 0.3 is 0 Å². The number of hydrogen-bond donors (Lipinski definition) is 0. The summed E-state index contributed by atoms with van der Waals surface area (Å²) in [5.41, 5.74) is 3.20. The molecule has 0 aromatic heterocycles. The van der Waals surface area contributed by atoms with Crippen LogP contribution in [0.15, 0.2) is 46.9 Å². The Morgan fingerprint density at radius 3 is 2.77 bits per heavy atom. The highest BCUT2D eigenvalue weighted by Gasteiger charge is 2.35. The van der Waals surface area contributed by atoms with Gasteiger partial charge in [0.05, 0.1) is 12.5 Å². The quantitative estimate of drug-likeness (QED) is 0.820. The van der Waals surface area contributed by atoms with Crippen LogP contribution in [0.5, 0.6) is 5.75 Å². The average Bonchev–Trinajstić information content (AvgIpc) is 2.76. The van der Waals surface area contributed by atoms with Crippen LogP contribution in [0.2, 0.25) is 0 Å². The van der Waals surface area contributed by atoms with E-state index in [2.05, 4.69) is 15.9 Å². The summed E-state index contributed by atoms with van der Waals surface area (Å²) in [6.07, 6.45) is 0.668. The molecule has 1 aliphatic heterocycles. The van der Waals surface area contributed by atoms with Crippen LogP contribution in [0, 0.1) is 0 Å². The molecule has 22 heavy (non-hydrogen) atoms. The van der Waals surface area contributed by atoms with E-state index in [0.29, 0.717) is 13.0 Å². The highest BCUT2D eigenvalue weighted by molar-refractivity contribution is 9.10. The fraction of sp³-hybridized carbons (Fsp3) is 0.278. The molecular weight excluding hydrogens is 342 g/mol. The number of nitrogens with zero attached hydrogens (tertiary/aromatic N) is 1. The maximum absolute atomic E-state index is 12.6. The minimum absolute atomic E-state index is 0.130. The van der Waals surface area contributed by atoms with E-state index in [1.165, 1.54) is 0 Å². The molecule has 0 unspecified atom stereocenters. The fourth-order valence-corrected chi connectivity index (χ4v) is 3.36. The standard InChI is InChI=1S/C18H18BrNO2/c1-3-22-13-8-9-16(19)12(10-13)11-15-14-6-4-5-7-17(14)20(2)18(15)21/h4-10,15H,3,11H2,1-2H3/t15-/m1/s1. The smallest absolute Gasteiger partial charge is 0.234 e. The van der Waals surface area contributed by atoms with Gasteiger partial charge in [0.25, 0.3) is 0 Å².